The average Bonchev–Trinajstić information content (AvgIpc) is 3.37. The van der Waals surface area contributed by atoms with Crippen LogP contribution in [0.15, 0.2) is 24.5 Å². The zero-order valence-corrected chi connectivity index (χ0v) is 18.0. The summed E-state index contributed by atoms with van der Waals surface area (Å²) in [6.45, 7) is 0.352. The molecule has 0 radical (unpaired) electrons. The van der Waals surface area contributed by atoms with E-state index in [1.54, 1.807) is 29.6 Å². The fourth-order valence-corrected chi connectivity index (χ4v) is 5.85. The molecule has 0 saturated heterocycles. The van der Waals surface area contributed by atoms with Crippen LogP contribution in [0.2, 0.25) is 0 Å². The quantitative estimate of drug-likeness (QED) is 0.492. The molecule has 3 heterocycles. The monoisotopic (exact) mass is 440 g/mol. The summed E-state index contributed by atoms with van der Waals surface area (Å²) in [4.78, 5) is 25.4. The Morgan fingerprint density at radius 3 is 3.13 bits per heavy atom. The zero-order valence-electron chi connectivity index (χ0n) is 16.3. The SMILES string of the molecule is CN(CCO)C(=O)[C@H]1CCc2c(sc3ncnc(Nc4ccc5nnsc5c4)c23)C1. The van der Waals surface area contributed by atoms with Crippen LogP contribution in [0.5, 0.6) is 0 Å². The normalized spacial score (nSPS) is 16.0. The van der Waals surface area contributed by atoms with Crippen LogP contribution in [0.1, 0.15) is 16.9 Å². The Morgan fingerprint density at radius 2 is 2.27 bits per heavy atom. The number of hydrogen-bond donors (Lipinski definition) is 2. The second-order valence-corrected chi connectivity index (χ2v) is 9.28. The van der Waals surface area contributed by atoms with Gasteiger partial charge < -0.3 is 15.3 Å². The van der Waals surface area contributed by atoms with Crippen molar-refractivity contribution in [2.24, 2.45) is 5.92 Å². The molecule has 3 aromatic heterocycles. The Kier molecular flexibility index (Phi) is 5.05. The number of likely N-dealkylation sites (N-methyl/N-ethyl adjacent to an activating group) is 1. The molecule has 1 aliphatic rings. The summed E-state index contributed by atoms with van der Waals surface area (Å²) in [5, 5.41) is 17.7. The van der Waals surface area contributed by atoms with Gasteiger partial charge in [0.15, 0.2) is 0 Å². The number of thiophene rings is 1. The number of carbonyl (C=O) groups is 1. The number of aromatic nitrogens is 4. The maximum Gasteiger partial charge on any atom is 0.225 e. The summed E-state index contributed by atoms with van der Waals surface area (Å²) in [5.41, 5.74) is 3.06. The molecule has 8 nitrogen and oxygen atoms in total. The Labute approximate surface area is 180 Å². The predicted octanol–water partition coefficient (Wildman–Crippen LogP) is 3.00. The first kappa shape index (κ1) is 19.3. The number of carbonyl (C=O) groups excluding carboxylic acids is 1. The van der Waals surface area contributed by atoms with E-state index in [0.29, 0.717) is 13.0 Å². The second kappa shape index (κ2) is 7.86. The van der Waals surface area contributed by atoms with E-state index in [1.807, 2.05) is 18.2 Å². The summed E-state index contributed by atoms with van der Waals surface area (Å²) in [6, 6.07) is 5.95. The number of rotatable bonds is 5. The standard InChI is InChI=1S/C20H20N6O2S2/c1-26(6-7-27)20(28)11-2-4-13-15(8-11)29-19-17(13)18(21-10-22-19)23-12-3-5-14-16(9-12)30-25-24-14/h3,5,9-11,27H,2,4,6-8H2,1H3,(H,21,22,23)/t11-/m0/s1. The van der Waals surface area contributed by atoms with Crippen molar-refractivity contribution >= 4 is 60.7 Å². The lowest BCUT2D eigenvalue weighted by Gasteiger charge is -2.26. The van der Waals surface area contributed by atoms with Gasteiger partial charge in [-0.1, -0.05) is 4.49 Å². The van der Waals surface area contributed by atoms with Crippen molar-refractivity contribution in [3.05, 3.63) is 35.0 Å². The Bertz CT molecular complexity index is 1240. The molecule has 1 atom stereocenters. The molecular weight excluding hydrogens is 420 g/mol. The van der Waals surface area contributed by atoms with Crippen molar-refractivity contribution in [3.8, 4) is 0 Å². The average molecular weight is 441 g/mol. The first-order valence-electron chi connectivity index (χ1n) is 9.74. The number of nitrogens with zero attached hydrogens (tertiary/aromatic N) is 5. The molecule has 10 heteroatoms. The van der Waals surface area contributed by atoms with Gasteiger partial charge in [-0.3, -0.25) is 4.79 Å². The van der Waals surface area contributed by atoms with Gasteiger partial charge in [0, 0.05) is 30.1 Å². The molecule has 1 amide bonds. The van der Waals surface area contributed by atoms with Crippen molar-refractivity contribution in [1.29, 1.82) is 0 Å². The van der Waals surface area contributed by atoms with Gasteiger partial charge in [0.2, 0.25) is 5.91 Å². The largest absolute Gasteiger partial charge is 0.395 e. The topological polar surface area (TPSA) is 104 Å². The molecular formula is C20H20N6O2S2. The summed E-state index contributed by atoms with van der Waals surface area (Å²) in [5.74, 6) is 0.840. The number of anilines is 2. The van der Waals surface area contributed by atoms with E-state index in [-0.39, 0.29) is 18.4 Å². The van der Waals surface area contributed by atoms with E-state index in [1.165, 1.54) is 22.0 Å². The molecule has 0 fully saturated rings. The molecule has 1 aromatic carbocycles. The minimum atomic E-state index is -0.0484. The van der Waals surface area contributed by atoms with E-state index < -0.39 is 0 Å². The fraction of sp³-hybridized carbons (Fsp3) is 0.350. The summed E-state index contributed by atoms with van der Waals surface area (Å²) in [6.07, 6.45) is 3.90. The molecule has 0 spiro atoms. The number of aliphatic hydroxyl groups is 1. The van der Waals surface area contributed by atoms with Crippen molar-refractivity contribution in [3.63, 3.8) is 0 Å². The number of nitrogens with one attached hydrogen (secondary N) is 1. The number of benzene rings is 1. The first-order valence-corrected chi connectivity index (χ1v) is 11.3. The molecule has 154 valence electrons. The Balaban J connectivity index is 1.46. The van der Waals surface area contributed by atoms with Gasteiger partial charge in [-0.05, 0) is 54.6 Å². The zero-order chi connectivity index (χ0) is 20.7. The van der Waals surface area contributed by atoms with Gasteiger partial charge in [-0.25, -0.2) is 9.97 Å². The summed E-state index contributed by atoms with van der Waals surface area (Å²) >= 11 is 3.01. The van der Waals surface area contributed by atoms with Crippen LogP contribution in [-0.4, -0.2) is 55.7 Å². The third-order valence-corrected chi connectivity index (χ3v) is 7.37. The molecule has 0 aliphatic heterocycles. The van der Waals surface area contributed by atoms with E-state index in [2.05, 4.69) is 24.9 Å². The van der Waals surface area contributed by atoms with Gasteiger partial charge >= 0.3 is 0 Å². The molecule has 5 rings (SSSR count). The second-order valence-electron chi connectivity index (χ2n) is 7.41. The van der Waals surface area contributed by atoms with Gasteiger partial charge in [0.05, 0.1) is 16.7 Å². The van der Waals surface area contributed by atoms with Crippen molar-refractivity contribution in [2.45, 2.75) is 19.3 Å². The Hall–Kier alpha value is -2.69. The molecule has 2 N–H and O–H groups in total. The van der Waals surface area contributed by atoms with Gasteiger partial charge in [-0.15, -0.1) is 16.4 Å². The number of aliphatic hydroxyl groups excluding tert-OH is 1. The van der Waals surface area contributed by atoms with E-state index in [4.69, 9.17) is 5.11 Å². The van der Waals surface area contributed by atoms with Gasteiger partial charge in [0.25, 0.3) is 0 Å². The molecule has 0 unspecified atom stereocenters. The minimum Gasteiger partial charge on any atom is -0.395 e. The Morgan fingerprint density at radius 1 is 1.37 bits per heavy atom. The summed E-state index contributed by atoms with van der Waals surface area (Å²) in [7, 11) is 1.75. The molecule has 1 aliphatic carbocycles. The van der Waals surface area contributed by atoms with Crippen molar-refractivity contribution in [2.75, 3.05) is 25.5 Å². The molecule has 0 bridgehead atoms. The van der Waals surface area contributed by atoms with Gasteiger partial charge in [0.1, 0.15) is 22.5 Å². The van der Waals surface area contributed by atoms with Crippen LogP contribution in [0.25, 0.3) is 20.4 Å². The highest BCUT2D eigenvalue weighted by molar-refractivity contribution is 7.19. The highest BCUT2D eigenvalue weighted by atomic mass is 32.1. The third-order valence-electron chi connectivity index (χ3n) is 5.52. The number of fused-ring (bicyclic) bond motifs is 4. The molecule has 4 aromatic rings. The maximum atomic E-state index is 12.7. The van der Waals surface area contributed by atoms with Crippen molar-refractivity contribution < 1.29 is 9.90 Å². The van der Waals surface area contributed by atoms with E-state index >= 15 is 0 Å². The van der Waals surface area contributed by atoms with E-state index in [0.717, 1.165) is 44.8 Å². The lowest BCUT2D eigenvalue weighted by molar-refractivity contribution is -0.135. The number of amides is 1. The van der Waals surface area contributed by atoms with Crippen molar-refractivity contribution in [1.82, 2.24) is 24.5 Å². The summed E-state index contributed by atoms with van der Waals surface area (Å²) < 4.78 is 5.01. The minimum absolute atomic E-state index is 0.0168. The fourth-order valence-electron chi connectivity index (χ4n) is 3.98. The molecule has 0 saturated carbocycles. The van der Waals surface area contributed by atoms with Crippen LogP contribution < -0.4 is 5.32 Å². The van der Waals surface area contributed by atoms with Crippen LogP contribution in [0.4, 0.5) is 11.5 Å². The van der Waals surface area contributed by atoms with Crippen LogP contribution >= 0.6 is 22.9 Å². The van der Waals surface area contributed by atoms with Crippen LogP contribution in [0, 0.1) is 5.92 Å². The highest BCUT2D eigenvalue weighted by Gasteiger charge is 2.30. The van der Waals surface area contributed by atoms with Crippen LogP contribution in [0.3, 0.4) is 0 Å². The highest BCUT2D eigenvalue weighted by Crippen LogP contribution is 2.40. The first-order chi connectivity index (χ1) is 14.6. The van der Waals surface area contributed by atoms with E-state index in [9.17, 15) is 4.79 Å². The number of hydrogen-bond acceptors (Lipinski definition) is 9. The molecule has 30 heavy (non-hydrogen) atoms. The number of aryl methyl sites for hydroxylation is 1. The smallest absolute Gasteiger partial charge is 0.225 e. The predicted molar refractivity (Wildman–Crippen MR) is 118 cm³/mol. The third kappa shape index (κ3) is 3.40. The van der Waals surface area contributed by atoms with Crippen LogP contribution in [-0.2, 0) is 17.6 Å². The lowest BCUT2D eigenvalue weighted by Crippen LogP contribution is -2.37. The maximum absolute atomic E-state index is 12.7. The van der Waals surface area contributed by atoms with Gasteiger partial charge in [-0.2, -0.15) is 0 Å². The lowest BCUT2D eigenvalue weighted by atomic mass is 9.87.